The lowest BCUT2D eigenvalue weighted by Gasteiger charge is -2.32. The Labute approximate surface area is 240 Å². The maximum atomic E-state index is 6.33. The molecule has 0 aliphatic carbocycles. The van der Waals surface area contributed by atoms with Crippen molar-refractivity contribution in [3.63, 3.8) is 0 Å². The van der Waals surface area contributed by atoms with Gasteiger partial charge in [0.25, 0.3) is 0 Å². The first kappa shape index (κ1) is 27.3. The van der Waals surface area contributed by atoms with Gasteiger partial charge >= 0.3 is 0 Å². The van der Waals surface area contributed by atoms with Gasteiger partial charge in [-0.25, -0.2) is 4.98 Å². The second-order valence-corrected chi connectivity index (χ2v) is 10.4. The first-order valence-electron chi connectivity index (χ1n) is 13.0. The van der Waals surface area contributed by atoms with Crippen molar-refractivity contribution < 1.29 is 9.15 Å². The van der Waals surface area contributed by atoms with Crippen LogP contribution in [0.3, 0.4) is 0 Å². The summed E-state index contributed by atoms with van der Waals surface area (Å²) in [6, 6.07) is 26.2. The van der Waals surface area contributed by atoms with Crippen LogP contribution in [0.25, 0.3) is 22.6 Å². The smallest absolute Gasteiger partial charge is 0.174 e. The number of hydrogen-bond donors (Lipinski definition) is 1. The average Bonchev–Trinajstić information content (AvgIpc) is 3.58. The van der Waals surface area contributed by atoms with Gasteiger partial charge in [0.05, 0.1) is 11.0 Å². The number of fused-ring (bicyclic) bond motifs is 1. The maximum absolute atomic E-state index is 6.33. The summed E-state index contributed by atoms with van der Waals surface area (Å²) in [5.41, 5.74) is 5.36. The molecule has 202 valence electrons. The highest BCUT2D eigenvalue weighted by atomic mass is 35.5. The van der Waals surface area contributed by atoms with Crippen LogP contribution in [0.1, 0.15) is 22.5 Å². The molecule has 0 amide bonds. The lowest BCUT2D eigenvalue weighted by atomic mass is 10.1. The zero-order valence-electron chi connectivity index (χ0n) is 21.9. The Morgan fingerprint density at radius 2 is 1.74 bits per heavy atom. The summed E-state index contributed by atoms with van der Waals surface area (Å²) >= 11 is 6.33. The van der Waals surface area contributed by atoms with Gasteiger partial charge in [-0.15, -0.1) is 12.4 Å². The molecular formula is C31H32Cl2N4O2. The normalized spacial score (nSPS) is 14.4. The summed E-state index contributed by atoms with van der Waals surface area (Å²) in [5.74, 6) is 3.08. The predicted octanol–water partition coefficient (Wildman–Crippen LogP) is 6.82. The number of imidazole rings is 1. The number of halogens is 2. The Morgan fingerprint density at radius 3 is 2.56 bits per heavy atom. The molecule has 0 unspecified atom stereocenters. The molecule has 2 aromatic heterocycles. The highest BCUT2D eigenvalue weighted by Crippen LogP contribution is 2.30. The van der Waals surface area contributed by atoms with Crippen LogP contribution < -0.4 is 4.74 Å². The quantitative estimate of drug-likeness (QED) is 0.225. The molecule has 3 aromatic carbocycles. The number of para-hydroxylation sites is 1. The summed E-state index contributed by atoms with van der Waals surface area (Å²) in [4.78, 5) is 13.3. The fraction of sp³-hybridized carbons (Fsp3) is 0.258. The zero-order valence-corrected chi connectivity index (χ0v) is 23.5. The molecule has 1 aliphatic heterocycles. The van der Waals surface area contributed by atoms with Gasteiger partial charge < -0.3 is 19.0 Å². The lowest BCUT2D eigenvalue weighted by molar-refractivity contribution is 0.148. The standard InChI is InChI=1S/C31H31ClN4O2.ClH/c1-35-14-16-36(17-15-35)20-23-8-5-9-27-30(23)34-31(33-27)29-13-11-26(38-29)19-24-18-25(32)10-12-28(24)37-21-22-6-3-2-4-7-22;/h2-13,18H,14-17,19-21H2,1H3,(H,33,34);1H. The molecule has 0 spiro atoms. The van der Waals surface area contributed by atoms with Crippen molar-refractivity contribution in [2.75, 3.05) is 33.2 Å². The summed E-state index contributed by atoms with van der Waals surface area (Å²) in [7, 11) is 2.18. The summed E-state index contributed by atoms with van der Waals surface area (Å²) in [6.07, 6.45) is 0.569. The molecule has 1 fully saturated rings. The largest absolute Gasteiger partial charge is 0.489 e. The Hall–Kier alpha value is -3.29. The molecule has 0 bridgehead atoms. The van der Waals surface area contributed by atoms with E-state index in [1.165, 1.54) is 5.56 Å². The number of aromatic nitrogens is 2. The van der Waals surface area contributed by atoms with E-state index in [4.69, 9.17) is 25.7 Å². The topological polar surface area (TPSA) is 57.5 Å². The van der Waals surface area contributed by atoms with Crippen LogP contribution in [0.15, 0.2) is 83.3 Å². The molecular weight excluding hydrogens is 531 g/mol. The Balaban J connectivity index is 0.00000308. The number of hydrogen-bond acceptors (Lipinski definition) is 5. The number of nitrogens with zero attached hydrogens (tertiary/aromatic N) is 3. The second kappa shape index (κ2) is 12.3. The number of piperazine rings is 1. The van der Waals surface area contributed by atoms with E-state index >= 15 is 0 Å². The van der Waals surface area contributed by atoms with Gasteiger partial charge in [0.1, 0.15) is 18.1 Å². The molecule has 0 atom stereocenters. The third-order valence-electron chi connectivity index (χ3n) is 7.11. The van der Waals surface area contributed by atoms with E-state index in [-0.39, 0.29) is 12.4 Å². The fourth-order valence-corrected chi connectivity index (χ4v) is 5.13. The summed E-state index contributed by atoms with van der Waals surface area (Å²) in [6.45, 7) is 5.75. The third-order valence-corrected chi connectivity index (χ3v) is 7.34. The molecule has 3 heterocycles. The van der Waals surface area contributed by atoms with Crippen molar-refractivity contribution in [2.45, 2.75) is 19.6 Å². The van der Waals surface area contributed by atoms with Crippen LogP contribution in [0.2, 0.25) is 5.02 Å². The fourth-order valence-electron chi connectivity index (χ4n) is 4.93. The molecule has 0 radical (unpaired) electrons. The SMILES string of the molecule is CN1CCN(Cc2cccc3[nH]c(-c4ccc(Cc5cc(Cl)ccc5OCc5ccccc5)o4)nc23)CC1.Cl. The van der Waals surface area contributed by atoms with Gasteiger partial charge in [-0.1, -0.05) is 54.1 Å². The van der Waals surface area contributed by atoms with E-state index in [2.05, 4.69) is 52.2 Å². The van der Waals surface area contributed by atoms with Crippen molar-refractivity contribution in [2.24, 2.45) is 0 Å². The van der Waals surface area contributed by atoms with E-state index in [1.54, 1.807) is 0 Å². The summed E-state index contributed by atoms with van der Waals surface area (Å²) in [5, 5.41) is 0.670. The average molecular weight is 564 g/mol. The minimum absolute atomic E-state index is 0. The molecule has 8 heteroatoms. The summed E-state index contributed by atoms with van der Waals surface area (Å²) < 4.78 is 12.4. The molecule has 0 saturated carbocycles. The lowest BCUT2D eigenvalue weighted by Crippen LogP contribution is -2.43. The zero-order chi connectivity index (χ0) is 25.9. The highest BCUT2D eigenvalue weighted by molar-refractivity contribution is 6.30. The molecule has 6 nitrogen and oxygen atoms in total. The minimum atomic E-state index is 0. The monoisotopic (exact) mass is 562 g/mol. The first-order chi connectivity index (χ1) is 18.6. The van der Waals surface area contributed by atoms with Gasteiger partial charge in [0, 0.05) is 49.7 Å². The number of benzene rings is 3. The van der Waals surface area contributed by atoms with Gasteiger partial charge in [-0.2, -0.15) is 0 Å². The first-order valence-corrected chi connectivity index (χ1v) is 13.4. The number of aromatic amines is 1. The van der Waals surface area contributed by atoms with Gasteiger partial charge in [0.15, 0.2) is 11.6 Å². The molecule has 5 aromatic rings. The highest BCUT2D eigenvalue weighted by Gasteiger charge is 2.18. The Morgan fingerprint density at radius 1 is 0.923 bits per heavy atom. The van der Waals surface area contributed by atoms with Crippen LogP contribution in [0.4, 0.5) is 0 Å². The Kier molecular flexibility index (Phi) is 8.58. The van der Waals surface area contributed by atoms with E-state index in [9.17, 15) is 0 Å². The number of H-pyrrole nitrogens is 1. The number of furan rings is 1. The van der Waals surface area contributed by atoms with Crippen molar-refractivity contribution in [1.82, 2.24) is 19.8 Å². The van der Waals surface area contributed by atoms with E-state index in [0.717, 1.165) is 78.0 Å². The predicted molar refractivity (Wildman–Crippen MR) is 159 cm³/mol. The van der Waals surface area contributed by atoms with Crippen molar-refractivity contribution >= 4 is 35.0 Å². The number of ether oxygens (including phenoxy) is 1. The molecule has 6 rings (SSSR count). The Bertz CT molecular complexity index is 1520. The van der Waals surface area contributed by atoms with Gasteiger partial charge in [0.2, 0.25) is 0 Å². The third kappa shape index (κ3) is 6.48. The van der Waals surface area contributed by atoms with Gasteiger partial charge in [-0.3, -0.25) is 4.90 Å². The number of nitrogens with one attached hydrogen (secondary N) is 1. The van der Waals surface area contributed by atoms with Crippen molar-refractivity contribution in [3.05, 3.63) is 106 Å². The van der Waals surface area contributed by atoms with E-state index in [1.807, 2.05) is 48.5 Å². The number of likely N-dealkylation sites (N-methyl/N-ethyl adjacent to an activating group) is 1. The van der Waals surface area contributed by atoms with Crippen molar-refractivity contribution in [1.29, 1.82) is 0 Å². The van der Waals surface area contributed by atoms with Crippen LogP contribution >= 0.6 is 24.0 Å². The number of rotatable bonds is 8. The molecule has 1 N–H and O–H groups in total. The molecule has 39 heavy (non-hydrogen) atoms. The van der Waals surface area contributed by atoms with E-state index < -0.39 is 0 Å². The van der Waals surface area contributed by atoms with Crippen LogP contribution in [-0.4, -0.2) is 53.0 Å². The molecule has 1 saturated heterocycles. The second-order valence-electron chi connectivity index (χ2n) is 9.95. The van der Waals surface area contributed by atoms with Crippen molar-refractivity contribution in [3.8, 4) is 17.3 Å². The van der Waals surface area contributed by atoms with E-state index in [0.29, 0.717) is 18.1 Å². The molecule has 1 aliphatic rings. The van der Waals surface area contributed by atoms with Crippen LogP contribution in [0.5, 0.6) is 5.75 Å². The van der Waals surface area contributed by atoms with Gasteiger partial charge in [-0.05, 0) is 54.6 Å². The minimum Gasteiger partial charge on any atom is -0.489 e. The maximum Gasteiger partial charge on any atom is 0.174 e. The van der Waals surface area contributed by atoms with Crippen LogP contribution in [-0.2, 0) is 19.6 Å². The van der Waals surface area contributed by atoms with Crippen LogP contribution in [0, 0.1) is 0 Å².